The maximum atomic E-state index is 12.7. The smallest absolute Gasteiger partial charge is 0.340 e. The van der Waals surface area contributed by atoms with Gasteiger partial charge in [-0.1, -0.05) is 0 Å². The standard InChI is InChI=1S/C19H22N2O5/c1-5-25-19(24)15-10(2)16(21-11(15)3)17(22)12(4)26-14-8-6-13(7-9-14)18(20)23/h6-9,12,21H,5H2,1-4H3,(H2,20,23)/t12-/m1/s1. The van der Waals surface area contributed by atoms with E-state index in [4.69, 9.17) is 15.2 Å². The molecule has 26 heavy (non-hydrogen) atoms. The zero-order valence-corrected chi connectivity index (χ0v) is 15.2. The molecule has 0 aliphatic carbocycles. The van der Waals surface area contributed by atoms with E-state index in [9.17, 15) is 14.4 Å². The Labute approximate surface area is 151 Å². The first-order valence-corrected chi connectivity index (χ1v) is 8.23. The third-order valence-corrected chi connectivity index (χ3v) is 3.98. The maximum absolute atomic E-state index is 12.7. The number of ether oxygens (including phenoxy) is 2. The van der Waals surface area contributed by atoms with E-state index >= 15 is 0 Å². The van der Waals surface area contributed by atoms with Crippen LogP contribution in [-0.2, 0) is 4.74 Å². The Morgan fingerprint density at radius 2 is 1.77 bits per heavy atom. The predicted octanol–water partition coefficient (Wildman–Crippen LogP) is 2.56. The zero-order valence-electron chi connectivity index (χ0n) is 15.2. The lowest BCUT2D eigenvalue weighted by molar-refractivity contribution is 0.0524. The van der Waals surface area contributed by atoms with Gasteiger partial charge in [0.1, 0.15) is 5.75 Å². The minimum atomic E-state index is -0.791. The van der Waals surface area contributed by atoms with Crippen LogP contribution in [0.15, 0.2) is 24.3 Å². The number of primary amides is 1. The van der Waals surface area contributed by atoms with E-state index in [0.29, 0.717) is 33.8 Å². The molecule has 0 bridgehead atoms. The summed E-state index contributed by atoms with van der Waals surface area (Å²) >= 11 is 0. The first-order chi connectivity index (χ1) is 12.3. The van der Waals surface area contributed by atoms with Gasteiger partial charge in [0.25, 0.3) is 0 Å². The highest BCUT2D eigenvalue weighted by molar-refractivity contribution is 6.03. The second-order valence-corrected chi connectivity index (χ2v) is 5.86. The average molecular weight is 358 g/mol. The van der Waals surface area contributed by atoms with Crippen molar-refractivity contribution in [1.82, 2.24) is 4.98 Å². The van der Waals surface area contributed by atoms with Crippen molar-refractivity contribution in [2.75, 3.05) is 6.61 Å². The van der Waals surface area contributed by atoms with Gasteiger partial charge in [0, 0.05) is 11.3 Å². The topological polar surface area (TPSA) is 111 Å². The Kier molecular flexibility index (Phi) is 5.82. The van der Waals surface area contributed by atoms with Crippen LogP contribution in [0.5, 0.6) is 5.75 Å². The SMILES string of the molecule is CCOC(=O)c1c(C)[nH]c(C(=O)[C@@H](C)Oc2ccc(C(N)=O)cc2)c1C. The van der Waals surface area contributed by atoms with Crippen molar-refractivity contribution in [2.24, 2.45) is 5.73 Å². The van der Waals surface area contributed by atoms with E-state index in [1.54, 1.807) is 39.8 Å². The van der Waals surface area contributed by atoms with Crippen LogP contribution < -0.4 is 10.5 Å². The minimum Gasteiger partial charge on any atom is -0.483 e. The second-order valence-electron chi connectivity index (χ2n) is 5.86. The molecule has 0 saturated heterocycles. The highest BCUT2D eigenvalue weighted by Crippen LogP contribution is 2.22. The van der Waals surface area contributed by atoms with Crippen LogP contribution in [0.4, 0.5) is 0 Å². The normalized spacial score (nSPS) is 11.7. The number of carbonyl (C=O) groups is 3. The van der Waals surface area contributed by atoms with Crippen LogP contribution in [0.3, 0.4) is 0 Å². The molecule has 2 aromatic rings. The third kappa shape index (κ3) is 3.93. The van der Waals surface area contributed by atoms with Crippen molar-refractivity contribution < 1.29 is 23.9 Å². The van der Waals surface area contributed by atoms with Crippen LogP contribution in [0, 0.1) is 13.8 Å². The number of aromatic nitrogens is 1. The predicted molar refractivity (Wildman–Crippen MR) is 95.6 cm³/mol. The Hall–Kier alpha value is -3.09. The molecule has 0 aliphatic rings. The fourth-order valence-electron chi connectivity index (χ4n) is 2.66. The van der Waals surface area contributed by atoms with E-state index in [2.05, 4.69) is 4.98 Å². The first kappa shape index (κ1) is 19.2. The summed E-state index contributed by atoms with van der Waals surface area (Å²) in [6.45, 7) is 7.00. The van der Waals surface area contributed by atoms with E-state index in [1.807, 2.05) is 0 Å². The Balaban J connectivity index is 2.19. The molecule has 0 unspecified atom stereocenters. The Bertz CT molecular complexity index is 836. The summed E-state index contributed by atoms with van der Waals surface area (Å²) in [5.41, 5.74) is 7.33. The quantitative estimate of drug-likeness (QED) is 0.583. The monoisotopic (exact) mass is 358 g/mol. The molecule has 0 aliphatic heterocycles. The van der Waals surface area contributed by atoms with Crippen LogP contribution in [-0.4, -0.2) is 35.4 Å². The molecule has 0 radical (unpaired) electrons. The van der Waals surface area contributed by atoms with Gasteiger partial charge in [0.05, 0.1) is 17.9 Å². The van der Waals surface area contributed by atoms with Crippen molar-refractivity contribution in [3.05, 3.63) is 52.3 Å². The summed E-state index contributed by atoms with van der Waals surface area (Å²) in [7, 11) is 0. The largest absolute Gasteiger partial charge is 0.483 e. The highest BCUT2D eigenvalue weighted by Gasteiger charge is 2.26. The lowest BCUT2D eigenvalue weighted by Crippen LogP contribution is -2.25. The molecule has 7 nitrogen and oxygen atoms in total. The molecule has 0 saturated carbocycles. The van der Waals surface area contributed by atoms with E-state index in [-0.39, 0.29) is 12.4 Å². The number of carbonyl (C=O) groups excluding carboxylic acids is 3. The number of aryl methyl sites for hydroxylation is 1. The second kappa shape index (κ2) is 7.86. The highest BCUT2D eigenvalue weighted by atomic mass is 16.5. The number of aromatic amines is 1. The average Bonchev–Trinajstić information content (AvgIpc) is 2.89. The number of hydrogen-bond donors (Lipinski definition) is 2. The van der Waals surface area contributed by atoms with Crippen molar-refractivity contribution in [1.29, 1.82) is 0 Å². The molecular formula is C19H22N2O5. The molecule has 3 N–H and O–H groups in total. The Morgan fingerprint density at radius 1 is 1.15 bits per heavy atom. The number of benzene rings is 1. The van der Waals surface area contributed by atoms with Crippen molar-refractivity contribution >= 4 is 17.7 Å². The van der Waals surface area contributed by atoms with Crippen LogP contribution >= 0.6 is 0 Å². The van der Waals surface area contributed by atoms with Gasteiger partial charge in [-0.25, -0.2) is 4.79 Å². The first-order valence-electron chi connectivity index (χ1n) is 8.23. The van der Waals surface area contributed by atoms with Crippen LogP contribution in [0.1, 0.15) is 56.3 Å². The molecule has 0 spiro atoms. The zero-order chi connectivity index (χ0) is 19.4. The van der Waals surface area contributed by atoms with Crippen molar-refractivity contribution in [3.63, 3.8) is 0 Å². The fraction of sp³-hybridized carbons (Fsp3) is 0.316. The molecule has 1 atom stereocenters. The van der Waals surface area contributed by atoms with Crippen molar-refractivity contribution in [2.45, 2.75) is 33.8 Å². The summed E-state index contributed by atoms with van der Waals surface area (Å²) < 4.78 is 10.7. The number of nitrogens with one attached hydrogen (secondary N) is 1. The summed E-state index contributed by atoms with van der Waals surface area (Å²) in [4.78, 5) is 38.8. The van der Waals surface area contributed by atoms with Crippen molar-refractivity contribution in [3.8, 4) is 5.75 Å². The van der Waals surface area contributed by atoms with Gasteiger partial charge in [-0.2, -0.15) is 0 Å². The molecule has 0 fully saturated rings. The summed E-state index contributed by atoms with van der Waals surface area (Å²) in [6, 6.07) is 6.19. The van der Waals surface area contributed by atoms with E-state index in [0.717, 1.165) is 0 Å². The Morgan fingerprint density at radius 3 is 2.31 bits per heavy atom. The van der Waals surface area contributed by atoms with Gasteiger partial charge < -0.3 is 20.2 Å². The van der Waals surface area contributed by atoms with Gasteiger partial charge in [-0.05, 0) is 57.5 Å². The summed E-state index contributed by atoms with van der Waals surface area (Å²) in [5, 5.41) is 0. The lowest BCUT2D eigenvalue weighted by atomic mass is 10.1. The van der Waals surface area contributed by atoms with E-state index in [1.165, 1.54) is 12.1 Å². The van der Waals surface area contributed by atoms with Gasteiger partial charge >= 0.3 is 5.97 Å². The van der Waals surface area contributed by atoms with Crippen LogP contribution in [0.2, 0.25) is 0 Å². The number of hydrogen-bond acceptors (Lipinski definition) is 5. The molecule has 138 valence electrons. The molecule has 1 aromatic heterocycles. The summed E-state index contributed by atoms with van der Waals surface area (Å²) in [5.74, 6) is -0.861. The molecule has 1 amide bonds. The molecule has 1 aromatic carbocycles. The number of ketones is 1. The number of H-pyrrole nitrogens is 1. The molecule has 1 heterocycles. The number of esters is 1. The van der Waals surface area contributed by atoms with Gasteiger partial charge in [-0.3, -0.25) is 9.59 Å². The van der Waals surface area contributed by atoms with Crippen LogP contribution in [0.25, 0.3) is 0 Å². The fourth-order valence-corrected chi connectivity index (χ4v) is 2.66. The van der Waals surface area contributed by atoms with Gasteiger partial charge in [-0.15, -0.1) is 0 Å². The minimum absolute atomic E-state index is 0.257. The number of rotatable bonds is 7. The number of Topliss-reactive ketones (excluding diaryl/α,β-unsaturated/α-hetero) is 1. The lowest BCUT2D eigenvalue weighted by Gasteiger charge is -2.14. The number of nitrogens with two attached hydrogens (primary N) is 1. The maximum Gasteiger partial charge on any atom is 0.340 e. The van der Waals surface area contributed by atoms with E-state index < -0.39 is 18.0 Å². The number of amides is 1. The third-order valence-electron chi connectivity index (χ3n) is 3.98. The van der Waals surface area contributed by atoms with Gasteiger partial charge in [0.15, 0.2) is 6.10 Å². The summed E-state index contributed by atoms with van der Waals surface area (Å²) in [6.07, 6.45) is -0.791. The van der Waals surface area contributed by atoms with Gasteiger partial charge in [0.2, 0.25) is 11.7 Å². The molecule has 7 heteroatoms. The molecule has 2 rings (SSSR count). The molecular weight excluding hydrogens is 336 g/mol.